The molecule has 2 rings (SSSR count). The highest BCUT2D eigenvalue weighted by atomic mass is 16.5. The molecule has 1 aromatic heterocycles. The van der Waals surface area contributed by atoms with Crippen LogP contribution in [0.25, 0.3) is 0 Å². The molecule has 5 heteroatoms. The van der Waals surface area contributed by atoms with Gasteiger partial charge in [-0.1, -0.05) is 0 Å². The Kier molecular flexibility index (Phi) is 3.78. The van der Waals surface area contributed by atoms with E-state index in [1.54, 1.807) is 0 Å². The molecule has 106 valence electrons. The van der Waals surface area contributed by atoms with E-state index in [0.717, 1.165) is 31.1 Å². The summed E-state index contributed by atoms with van der Waals surface area (Å²) in [6, 6.07) is 0. The van der Waals surface area contributed by atoms with Crippen LogP contribution in [0.4, 0.5) is 5.95 Å². The Morgan fingerprint density at radius 1 is 1.16 bits per heavy atom. The fourth-order valence-electron chi connectivity index (χ4n) is 2.74. The first-order valence-corrected chi connectivity index (χ1v) is 6.72. The number of morpholine rings is 1. The van der Waals surface area contributed by atoms with E-state index in [2.05, 4.69) is 47.9 Å². The summed E-state index contributed by atoms with van der Waals surface area (Å²) in [5.41, 5.74) is 0.724. The van der Waals surface area contributed by atoms with Crippen LogP contribution in [0.2, 0.25) is 0 Å². The van der Waals surface area contributed by atoms with Gasteiger partial charge in [0.05, 0.1) is 11.2 Å². The quantitative estimate of drug-likeness (QED) is 0.898. The van der Waals surface area contributed by atoms with E-state index in [0.29, 0.717) is 0 Å². The first-order chi connectivity index (χ1) is 8.81. The number of rotatable bonds is 3. The summed E-state index contributed by atoms with van der Waals surface area (Å²) in [4.78, 5) is 11.1. The predicted octanol–water partition coefficient (Wildman–Crippen LogP) is 1.59. The maximum Gasteiger partial charge on any atom is 0.225 e. The largest absolute Gasteiger partial charge is 0.366 e. The number of aromatic nitrogens is 2. The van der Waals surface area contributed by atoms with Crippen LogP contribution in [0.5, 0.6) is 0 Å². The van der Waals surface area contributed by atoms with Crippen LogP contribution >= 0.6 is 0 Å². The smallest absolute Gasteiger partial charge is 0.225 e. The van der Waals surface area contributed by atoms with Crippen molar-refractivity contribution in [2.75, 3.05) is 25.0 Å². The zero-order valence-electron chi connectivity index (χ0n) is 12.5. The molecule has 1 saturated heterocycles. The third-order valence-corrected chi connectivity index (χ3v) is 3.05. The van der Waals surface area contributed by atoms with Crippen molar-refractivity contribution in [3.8, 4) is 0 Å². The fourth-order valence-corrected chi connectivity index (χ4v) is 2.74. The first-order valence-electron chi connectivity index (χ1n) is 6.72. The molecule has 5 nitrogen and oxygen atoms in total. The minimum atomic E-state index is -0.186. The lowest BCUT2D eigenvalue weighted by molar-refractivity contribution is -0.133. The van der Waals surface area contributed by atoms with Gasteiger partial charge >= 0.3 is 0 Å². The lowest BCUT2D eigenvalue weighted by Gasteiger charge is -2.47. The number of nitrogens with one attached hydrogen (secondary N) is 1. The molecule has 1 aliphatic heterocycles. The molecule has 0 amide bonds. The van der Waals surface area contributed by atoms with Crippen LogP contribution in [0.1, 0.15) is 33.3 Å². The Morgan fingerprint density at radius 3 is 2.16 bits per heavy atom. The number of anilines is 1. The summed E-state index contributed by atoms with van der Waals surface area (Å²) < 4.78 is 6.07. The van der Waals surface area contributed by atoms with E-state index >= 15 is 0 Å². The molecule has 0 saturated carbocycles. The molecule has 1 aromatic rings. The summed E-state index contributed by atoms with van der Waals surface area (Å²) in [5.74, 6) is 0.782. The summed E-state index contributed by atoms with van der Waals surface area (Å²) in [5, 5.41) is 3.10. The number of hydrogen-bond donors (Lipinski definition) is 1. The molecule has 0 radical (unpaired) electrons. The molecule has 0 unspecified atom stereocenters. The van der Waals surface area contributed by atoms with Gasteiger partial charge in [0.15, 0.2) is 0 Å². The highest BCUT2D eigenvalue weighted by molar-refractivity contribution is 5.32. The monoisotopic (exact) mass is 264 g/mol. The average Bonchev–Trinajstić information content (AvgIpc) is 2.26. The molecule has 1 aliphatic rings. The standard InChI is InChI=1S/C14H24N4O/c1-13(2)9-18(10-14(3,4)19-13)12-16-7-11(6-15-5)8-17-12/h7-8,15H,6,9-10H2,1-5H3. The SMILES string of the molecule is CNCc1cnc(N2CC(C)(C)OC(C)(C)C2)nc1. The second-order valence-corrected chi connectivity index (χ2v) is 6.40. The molecule has 0 aliphatic carbocycles. The number of hydrogen-bond acceptors (Lipinski definition) is 5. The minimum absolute atomic E-state index is 0.186. The second-order valence-electron chi connectivity index (χ2n) is 6.40. The van der Waals surface area contributed by atoms with Crippen LogP contribution in [0.15, 0.2) is 12.4 Å². The van der Waals surface area contributed by atoms with E-state index in [-0.39, 0.29) is 11.2 Å². The first kappa shape index (κ1) is 14.2. The Balaban J connectivity index is 2.16. The molecule has 0 aromatic carbocycles. The second kappa shape index (κ2) is 5.06. The van der Waals surface area contributed by atoms with Crippen molar-refractivity contribution < 1.29 is 4.74 Å². The van der Waals surface area contributed by atoms with Gasteiger partial charge in [-0.3, -0.25) is 0 Å². The van der Waals surface area contributed by atoms with Gasteiger partial charge in [0.25, 0.3) is 0 Å². The van der Waals surface area contributed by atoms with Gasteiger partial charge in [0.2, 0.25) is 5.95 Å². The molecular weight excluding hydrogens is 240 g/mol. The van der Waals surface area contributed by atoms with Crippen molar-refractivity contribution in [1.82, 2.24) is 15.3 Å². The maximum absolute atomic E-state index is 6.07. The van der Waals surface area contributed by atoms with Gasteiger partial charge < -0.3 is 15.0 Å². The van der Waals surface area contributed by atoms with E-state index in [9.17, 15) is 0 Å². The van der Waals surface area contributed by atoms with E-state index in [1.807, 2.05) is 19.4 Å². The highest BCUT2D eigenvalue weighted by Gasteiger charge is 2.38. The zero-order valence-corrected chi connectivity index (χ0v) is 12.5. The Labute approximate surface area is 115 Å². The molecule has 0 atom stereocenters. The normalized spacial score (nSPS) is 21.4. The van der Waals surface area contributed by atoms with Gasteiger partial charge in [-0.2, -0.15) is 0 Å². The van der Waals surface area contributed by atoms with Crippen LogP contribution in [-0.2, 0) is 11.3 Å². The molecule has 19 heavy (non-hydrogen) atoms. The van der Waals surface area contributed by atoms with E-state index in [1.165, 1.54) is 0 Å². The van der Waals surface area contributed by atoms with Crippen molar-refractivity contribution in [1.29, 1.82) is 0 Å². The van der Waals surface area contributed by atoms with Crippen molar-refractivity contribution in [3.05, 3.63) is 18.0 Å². The van der Waals surface area contributed by atoms with Gasteiger partial charge in [-0.05, 0) is 34.7 Å². The van der Waals surface area contributed by atoms with Gasteiger partial charge in [0, 0.05) is 37.6 Å². The minimum Gasteiger partial charge on any atom is -0.366 e. The summed E-state index contributed by atoms with van der Waals surface area (Å²) >= 11 is 0. The van der Waals surface area contributed by atoms with Crippen LogP contribution < -0.4 is 10.2 Å². The predicted molar refractivity (Wildman–Crippen MR) is 76.3 cm³/mol. The van der Waals surface area contributed by atoms with Crippen molar-refractivity contribution in [3.63, 3.8) is 0 Å². The maximum atomic E-state index is 6.07. The van der Waals surface area contributed by atoms with Crippen LogP contribution in [0, 0.1) is 0 Å². The van der Waals surface area contributed by atoms with E-state index in [4.69, 9.17) is 4.74 Å². The Bertz CT molecular complexity index is 412. The fraction of sp³-hybridized carbons (Fsp3) is 0.714. The van der Waals surface area contributed by atoms with Gasteiger partial charge in [-0.25, -0.2) is 9.97 Å². The van der Waals surface area contributed by atoms with Crippen molar-refractivity contribution >= 4 is 5.95 Å². The highest BCUT2D eigenvalue weighted by Crippen LogP contribution is 2.29. The van der Waals surface area contributed by atoms with Gasteiger partial charge in [-0.15, -0.1) is 0 Å². The molecular formula is C14H24N4O. The van der Waals surface area contributed by atoms with Crippen LogP contribution in [-0.4, -0.2) is 41.3 Å². The molecule has 1 fully saturated rings. The topological polar surface area (TPSA) is 50.3 Å². The summed E-state index contributed by atoms with van der Waals surface area (Å²) in [6.07, 6.45) is 3.77. The summed E-state index contributed by atoms with van der Waals surface area (Å²) in [6.45, 7) is 10.8. The molecule has 0 spiro atoms. The third kappa shape index (κ3) is 3.64. The van der Waals surface area contributed by atoms with Crippen LogP contribution in [0.3, 0.4) is 0 Å². The lowest BCUT2D eigenvalue weighted by atomic mass is 9.99. The van der Waals surface area contributed by atoms with Crippen molar-refractivity contribution in [2.45, 2.75) is 45.4 Å². The van der Waals surface area contributed by atoms with Gasteiger partial charge in [0.1, 0.15) is 0 Å². The average molecular weight is 264 g/mol. The number of nitrogens with zero attached hydrogens (tertiary/aromatic N) is 3. The Morgan fingerprint density at radius 2 is 1.68 bits per heavy atom. The zero-order chi connectivity index (χ0) is 14.1. The Hall–Kier alpha value is -1.20. The van der Waals surface area contributed by atoms with Crippen molar-refractivity contribution in [2.24, 2.45) is 0 Å². The molecule has 2 heterocycles. The third-order valence-electron chi connectivity index (χ3n) is 3.05. The molecule has 0 bridgehead atoms. The lowest BCUT2D eigenvalue weighted by Crippen LogP contribution is -2.57. The molecule has 1 N–H and O–H groups in total. The summed E-state index contributed by atoms with van der Waals surface area (Å²) in [7, 11) is 1.92. The number of ether oxygens (including phenoxy) is 1. The van der Waals surface area contributed by atoms with E-state index < -0.39 is 0 Å².